The summed E-state index contributed by atoms with van der Waals surface area (Å²) in [5.74, 6) is 4.45. The molecule has 21 heavy (non-hydrogen) atoms. The smallest absolute Gasteiger partial charge is 0.340 e. The van der Waals surface area contributed by atoms with Gasteiger partial charge in [-0.25, -0.2) is 9.59 Å². The largest absolute Gasteiger partial charge is 0.462 e. The van der Waals surface area contributed by atoms with Crippen LogP contribution in [0.1, 0.15) is 54.3 Å². The molecule has 1 aromatic rings. The standard InChI is InChI=1S/C17H20O4/c1-4-9-13(6-3)21-17(19)15-11-8-7-10-14(15)16(18)20-12-5-2/h7-8,10-11,13H,5-6,12H2,1-3H3. The second kappa shape index (κ2) is 8.80. The third kappa shape index (κ3) is 4.96. The predicted octanol–water partition coefficient (Wildman–Crippen LogP) is 3.21. The van der Waals surface area contributed by atoms with Crippen LogP contribution in [0.25, 0.3) is 0 Å². The predicted molar refractivity (Wildman–Crippen MR) is 80.0 cm³/mol. The fraction of sp³-hybridized carbons (Fsp3) is 0.412. The average Bonchev–Trinajstić information content (AvgIpc) is 2.51. The molecule has 0 N–H and O–H groups in total. The molecule has 0 aliphatic heterocycles. The van der Waals surface area contributed by atoms with Gasteiger partial charge >= 0.3 is 11.9 Å². The van der Waals surface area contributed by atoms with Crippen molar-refractivity contribution in [2.75, 3.05) is 6.61 Å². The summed E-state index contributed by atoms with van der Waals surface area (Å²) in [4.78, 5) is 24.1. The molecule has 0 fully saturated rings. The van der Waals surface area contributed by atoms with Crippen molar-refractivity contribution >= 4 is 11.9 Å². The van der Waals surface area contributed by atoms with E-state index in [9.17, 15) is 9.59 Å². The van der Waals surface area contributed by atoms with E-state index in [0.29, 0.717) is 13.0 Å². The van der Waals surface area contributed by atoms with Crippen LogP contribution in [0.4, 0.5) is 0 Å². The molecule has 0 bridgehead atoms. The van der Waals surface area contributed by atoms with Gasteiger partial charge in [-0.15, -0.1) is 5.92 Å². The molecule has 0 heterocycles. The first-order valence-electron chi connectivity index (χ1n) is 7.03. The van der Waals surface area contributed by atoms with Crippen LogP contribution >= 0.6 is 0 Å². The maximum absolute atomic E-state index is 12.2. The molecule has 0 amide bonds. The Kier molecular flexibility index (Phi) is 7.03. The minimum absolute atomic E-state index is 0.204. The van der Waals surface area contributed by atoms with Gasteiger partial charge in [0.25, 0.3) is 0 Å². The monoisotopic (exact) mass is 288 g/mol. The number of hydrogen-bond donors (Lipinski definition) is 0. The van der Waals surface area contributed by atoms with Crippen molar-refractivity contribution in [2.45, 2.75) is 39.7 Å². The molecule has 0 saturated carbocycles. The molecule has 4 heteroatoms. The molecule has 0 radical (unpaired) electrons. The van der Waals surface area contributed by atoms with E-state index in [2.05, 4.69) is 11.8 Å². The number of carbonyl (C=O) groups excluding carboxylic acids is 2. The summed E-state index contributed by atoms with van der Waals surface area (Å²) in [5.41, 5.74) is 0.421. The third-order valence-corrected chi connectivity index (χ3v) is 2.73. The van der Waals surface area contributed by atoms with E-state index in [4.69, 9.17) is 9.47 Å². The first-order chi connectivity index (χ1) is 10.1. The lowest BCUT2D eigenvalue weighted by atomic mass is 10.1. The van der Waals surface area contributed by atoms with Gasteiger partial charge in [0.05, 0.1) is 17.7 Å². The van der Waals surface area contributed by atoms with Gasteiger partial charge in [-0.2, -0.15) is 0 Å². The summed E-state index contributed by atoms with van der Waals surface area (Å²) in [5, 5.41) is 0. The summed E-state index contributed by atoms with van der Waals surface area (Å²) in [6, 6.07) is 6.47. The second-order valence-corrected chi connectivity index (χ2v) is 4.38. The van der Waals surface area contributed by atoms with Crippen LogP contribution in [-0.4, -0.2) is 24.6 Å². The zero-order valence-corrected chi connectivity index (χ0v) is 12.6. The molecule has 1 rings (SSSR count). The highest BCUT2D eigenvalue weighted by atomic mass is 16.5. The van der Waals surface area contributed by atoms with Crippen molar-refractivity contribution in [2.24, 2.45) is 0 Å². The highest BCUT2D eigenvalue weighted by molar-refractivity contribution is 6.03. The number of rotatable bonds is 6. The molecule has 1 unspecified atom stereocenters. The lowest BCUT2D eigenvalue weighted by Crippen LogP contribution is -2.19. The van der Waals surface area contributed by atoms with Crippen molar-refractivity contribution in [3.05, 3.63) is 35.4 Å². The summed E-state index contributed by atoms with van der Waals surface area (Å²) in [6.07, 6.45) is 0.847. The van der Waals surface area contributed by atoms with Gasteiger partial charge in [-0.1, -0.05) is 31.9 Å². The highest BCUT2D eigenvalue weighted by Gasteiger charge is 2.20. The Morgan fingerprint density at radius 1 is 1.14 bits per heavy atom. The molecule has 112 valence electrons. The lowest BCUT2D eigenvalue weighted by Gasteiger charge is -2.12. The van der Waals surface area contributed by atoms with E-state index in [-0.39, 0.29) is 11.1 Å². The molecule has 0 saturated heterocycles. The zero-order chi connectivity index (χ0) is 15.7. The number of ether oxygens (including phenoxy) is 2. The normalized spacial score (nSPS) is 11.0. The number of esters is 2. The molecule has 0 aliphatic rings. The van der Waals surface area contributed by atoms with E-state index in [1.165, 1.54) is 0 Å². The molecule has 4 nitrogen and oxygen atoms in total. The van der Waals surface area contributed by atoms with Crippen molar-refractivity contribution in [3.63, 3.8) is 0 Å². The average molecular weight is 288 g/mol. The summed E-state index contributed by atoms with van der Waals surface area (Å²) < 4.78 is 10.4. The van der Waals surface area contributed by atoms with Crippen LogP contribution in [0.5, 0.6) is 0 Å². The van der Waals surface area contributed by atoms with Crippen LogP contribution in [0.15, 0.2) is 24.3 Å². The molecule has 0 aromatic heterocycles. The zero-order valence-electron chi connectivity index (χ0n) is 12.6. The Morgan fingerprint density at radius 3 is 2.29 bits per heavy atom. The Labute approximate surface area is 125 Å². The van der Waals surface area contributed by atoms with Crippen molar-refractivity contribution in [1.82, 2.24) is 0 Å². The minimum Gasteiger partial charge on any atom is -0.462 e. The van der Waals surface area contributed by atoms with Gasteiger partial charge in [0.2, 0.25) is 0 Å². The molecule has 0 spiro atoms. The second-order valence-electron chi connectivity index (χ2n) is 4.38. The van der Waals surface area contributed by atoms with Crippen LogP contribution in [-0.2, 0) is 9.47 Å². The summed E-state index contributed by atoms with van der Waals surface area (Å²) in [6.45, 7) is 5.79. The minimum atomic E-state index is -0.561. The molecule has 0 aliphatic carbocycles. The van der Waals surface area contributed by atoms with E-state index >= 15 is 0 Å². The third-order valence-electron chi connectivity index (χ3n) is 2.73. The van der Waals surface area contributed by atoms with E-state index in [1.807, 2.05) is 13.8 Å². The summed E-state index contributed by atoms with van der Waals surface area (Å²) >= 11 is 0. The van der Waals surface area contributed by atoms with Crippen molar-refractivity contribution in [1.29, 1.82) is 0 Å². The maximum atomic E-state index is 12.2. The summed E-state index contributed by atoms with van der Waals surface area (Å²) in [7, 11) is 0. The topological polar surface area (TPSA) is 52.6 Å². The van der Waals surface area contributed by atoms with E-state index in [1.54, 1.807) is 31.2 Å². The molecular formula is C17H20O4. The fourth-order valence-corrected chi connectivity index (χ4v) is 1.68. The number of benzene rings is 1. The molecule has 1 aromatic carbocycles. The van der Waals surface area contributed by atoms with Crippen LogP contribution in [0.2, 0.25) is 0 Å². The molecular weight excluding hydrogens is 268 g/mol. The van der Waals surface area contributed by atoms with Gasteiger partial charge in [0.15, 0.2) is 6.10 Å². The molecule has 1 atom stereocenters. The van der Waals surface area contributed by atoms with Gasteiger partial charge < -0.3 is 9.47 Å². The Bertz CT molecular complexity index is 551. The van der Waals surface area contributed by atoms with Gasteiger partial charge in [0.1, 0.15) is 0 Å². The van der Waals surface area contributed by atoms with Crippen molar-refractivity contribution in [3.8, 4) is 11.8 Å². The SMILES string of the molecule is CC#CC(CC)OC(=O)c1ccccc1C(=O)OCCC. The Hall–Kier alpha value is -2.28. The van der Waals surface area contributed by atoms with E-state index in [0.717, 1.165) is 6.42 Å². The van der Waals surface area contributed by atoms with Gasteiger partial charge in [-0.05, 0) is 31.9 Å². The lowest BCUT2D eigenvalue weighted by molar-refractivity contribution is 0.0385. The number of hydrogen-bond acceptors (Lipinski definition) is 4. The van der Waals surface area contributed by atoms with Crippen LogP contribution < -0.4 is 0 Å². The first kappa shape index (κ1) is 16.8. The Morgan fingerprint density at radius 2 is 1.76 bits per heavy atom. The fourth-order valence-electron chi connectivity index (χ4n) is 1.68. The van der Waals surface area contributed by atoms with Crippen LogP contribution in [0, 0.1) is 11.8 Å². The van der Waals surface area contributed by atoms with Crippen molar-refractivity contribution < 1.29 is 19.1 Å². The number of carbonyl (C=O) groups is 2. The first-order valence-corrected chi connectivity index (χ1v) is 7.03. The quantitative estimate of drug-likeness (QED) is 0.596. The Balaban J connectivity index is 2.93. The van der Waals surface area contributed by atoms with Gasteiger partial charge in [-0.3, -0.25) is 0 Å². The van der Waals surface area contributed by atoms with Crippen LogP contribution in [0.3, 0.4) is 0 Å². The highest BCUT2D eigenvalue weighted by Crippen LogP contribution is 2.14. The van der Waals surface area contributed by atoms with E-state index < -0.39 is 18.0 Å². The van der Waals surface area contributed by atoms with Gasteiger partial charge in [0, 0.05) is 0 Å². The maximum Gasteiger partial charge on any atom is 0.340 e.